The zero-order valence-corrected chi connectivity index (χ0v) is 16.3. The standard InChI is InChI=1S/C18H26N4O4S/c1-26-13-10-19-8-9-20-18(23)14-6-11-22(12-7-14)17-15-4-2-3-5-16(15)27(24,25)21-17/h2-5,14,19H,6-13H2,1H3,(H,20,23). The molecule has 8 nitrogen and oxygen atoms in total. The highest BCUT2D eigenvalue weighted by Crippen LogP contribution is 2.29. The average molecular weight is 394 g/mol. The minimum atomic E-state index is -3.60. The van der Waals surface area contributed by atoms with Crippen LogP contribution in [0.2, 0.25) is 0 Å². The van der Waals surface area contributed by atoms with E-state index in [4.69, 9.17) is 4.74 Å². The Morgan fingerprint density at radius 1 is 1.22 bits per heavy atom. The summed E-state index contributed by atoms with van der Waals surface area (Å²) in [5, 5.41) is 6.14. The summed E-state index contributed by atoms with van der Waals surface area (Å²) in [4.78, 5) is 14.5. The lowest BCUT2D eigenvalue weighted by atomic mass is 9.95. The van der Waals surface area contributed by atoms with Gasteiger partial charge in [0.1, 0.15) is 4.90 Å². The van der Waals surface area contributed by atoms with E-state index in [0.717, 1.165) is 6.54 Å². The van der Waals surface area contributed by atoms with Crippen molar-refractivity contribution >= 4 is 21.8 Å². The van der Waals surface area contributed by atoms with Crippen molar-refractivity contribution in [2.45, 2.75) is 17.7 Å². The van der Waals surface area contributed by atoms with Crippen molar-refractivity contribution in [2.75, 3.05) is 46.4 Å². The third-order valence-corrected chi connectivity index (χ3v) is 6.19. The fourth-order valence-electron chi connectivity index (χ4n) is 3.39. The van der Waals surface area contributed by atoms with E-state index in [1.54, 1.807) is 25.3 Å². The molecule has 148 valence electrons. The Morgan fingerprint density at radius 2 is 1.96 bits per heavy atom. The lowest BCUT2D eigenvalue weighted by Crippen LogP contribution is -2.44. The van der Waals surface area contributed by atoms with Crippen LogP contribution in [0.3, 0.4) is 0 Å². The zero-order chi connectivity index (χ0) is 19.3. The van der Waals surface area contributed by atoms with Crippen LogP contribution in [0, 0.1) is 5.92 Å². The lowest BCUT2D eigenvalue weighted by molar-refractivity contribution is -0.126. The van der Waals surface area contributed by atoms with Crippen LogP contribution in [0.4, 0.5) is 0 Å². The SMILES string of the molecule is COCCNCCNC(=O)C1CCN(C2=NS(=O)(=O)c3ccccc32)CC1. The summed E-state index contributed by atoms with van der Waals surface area (Å²) in [7, 11) is -1.95. The van der Waals surface area contributed by atoms with Gasteiger partial charge in [0.05, 0.1) is 6.61 Å². The number of nitrogens with one attached hydrogen (secondary N) is 2. The topological polar surface area (TPSA) is 100 Å². The monoisotopic (exact) mass is 394 g/mol. The van der Waals surface area contributed by atoms with Crippen molar-refractivity contribution in [1.29, 1.82) is 0 Å². The van der Waals surface area contributed by atoms with Gasteiger partial charge in [-0.2, -0.15) is 8.42 Å². The van der Waals surface area contributed by atoms with Gasteiger partial charge in [-0.15, -0.1) is 4.40 Å². The molecular weight excluding hydrogens is 368 g/mol. The molecule has 1 amide bonds. The highest BCUT2D eigenvalue weighted by molar-refractivity contribution is 7.90. The van der Waals surface area contributed by atoms with E-state index in [2.05, 4.69) is 15.0 Å². The molecule has 1 aromatic carbocycles. The van der Waals surface area contributed by atoms with Crippen LogP contribution in [0.25, 0.3) is 0 Å². The second-order valence-corrected chi connectivity index (χ2v) is 8.25. The Morgan fingerprint density at radius 3 is 2.70 bits per heavy atom. The summed E-state index contributed by atoms with van der Waals surface area (Å²) < 4.78 is 33.3. The Kier molecular flexibility index (Phi) is 6.46. The number of benzene rings is 1. The van der Waals surface area contributed by atoms with E-state index in [1.165, 1.54) is 0 Å². The molecule has 0 atom stereocenters. The molecule has 1 saturated heterocycles. The molecular formula is C18H26N4O4S. The predicted molar refractivity (Wildman–Crippen MR) is 102 cm³/mol. The van der Waals surface area contributed by atoms with Crippen LogP contribution >= 0.6 is 0 Å². The number of hydrogen-bond donors (Lipinski definition) is 2. The molecule has 2 aliphatic heterocycles. The quantitative estimate of drug-likeness (QED) is 0.641. The molecule has 0 aliphatic carbocycles. The van der Waals surface area contributed by atoms with Crippen LogP contribution in [0.15, 0.2) is 33.6 Å². The van der Waals surface area contributed by atoms with Crippen molar-refractivity contribution in [3.63, 3.8) is 0 Å². The van der Waals surface area contributed by atoms with Gasteiger partial charge >= 0.3 is 0 Å². The van der Waals surface area contributed by atoms with Crippen molar-refractivity contribution < 1.29 is 17.9 Å². The number of rotatable bonds is 7. The summed E-state index contributed by atoms with van der Waals surface area (Å²) in [5.74, 6) is 0.519. The molecule has 1 fully saturated rings. The first-order valence-electron chi connectivity index (χ1n) is 9.19. The highest BCUT2D eigenvalue weighted by Gasteiger charge is 2.34. The molecule has 2 N–H and O–H groups in total. The second-order valence-electron chi connectivity index (χ2n) is 6.68. The van der Waals surface area contributed by atoms with E-state index >= 15 is 0 Å². The van der Waals surface area contributed by atoms with Crippen LogP contribution in [-0.4, -0.2) is 71.5 Å². The molecule has 3 rings (SSSR count). The first-order valence-corrected chi connectivity index (χ1v) is 10.6. The van der Waals surface area contributed by atoms with Gasteiger partial charge in [-0.25, -0.2) is 0 Å². The van der Waals surface area contributed by atoms with E-state index in [-0.39, 0.29) is 16.7 Å². The number of amidine groups is 1. The molecule has 0 radical (unpaired) electrons. The van der Waals surface area contributed by atoms with Crippen LogP contribution in [0.1, 0.15) is 18.4 Å². The second kappa shape index (κ2) is 8.81. The van der Waals surface area contributed by atoms with Gasteiger partial charge in [-0.05, 0) is 25.0 Å². The molecule has 0 unspecified atom stereocenters. The molecule has 27 heavy (non-hydrogen) atoms. The Bertz CT molecular complexity index is 801. The van der Waals surface area contributed by atoms with E-state index in [9.17, 15) is 13.2 Å². The van der Waals surface area contributed by atoms with E-state index in [0.29, 0.717) is 57.0 Å². The number of piperidine rings is 1. The van der Waals surface area contributed by atoms with Crippen molar-refractivity contribution in [3.05, 3.63) is 29.8 Å². The summed E-state index contributed by atoms with van der Waals surface area (Å²) in [5.41, 5.74) is 0.655. The van der Waals surface area contributed by atoms with E-state index < -0.39 is 10.0 Å². The van der Waals surface area contributed by atoms with Gasteiger partial charge in [-0.1, -0.05) is 12.1 Å². The maximum Gasteiger partial charge on any atom is 0.285 e. The van der Waals surface area contributed by atoms with Gasteiger partial charge in [-0.3, -0.25) is 4.79 Å². The first-order chi connectivity index (χ1) is 13.0. The number of nitrogens with zero attached hydrogens (tertiary/aromatic N) is 2. The largest absolute Gasteiger partial charge is 0.383 e. The van der Waals surface area contributed by atoms with Crippen LogP contribution in [-0.2, 0) is 19.6 Å². The Labute approximate surface area is 160 Å². The third-order valence-electron chi connectivity index (χ3n) is 4.86. The summed E-state index contributed by atoms with van der Waals surface area (Å²) >= 11 is 0. The average Bonchev–Trinajstić information content (AvgIpc) is 2.96. The van der Waals surface area contributed by atoms with Gasteiger partial charge in [0.15, 0.2) is 5.84 Å². The zero-order valence-electron chi connectivity index (χ0n) is 15.5. The van der Waals surface area contributed by atoms with Gasteiger partial charge in [0, 0.05) is 51.3 Å². The number of sulfonamides is 1. The van der Waals surface area contributed by atoms with Crippen molar-refractivity contribution in [1.82, 2.24) is 15.5 Å². The molecule has 2 aliphatic rings. The Hall–Kier alpha value is -1.97. The fourth-order valence-corrected chi connectivity index (χ4v) is 4.62. The molecule has 0 saturated carbocycles. The van der Waals surface area contributed by atoms with E-state index in [1.807, 2.05) is 11.0 Å². The first kappa shape index (κ1) is 19.8. The molecule has 0 spiro atoms. The number of ether oxygens (including phenoxy) is 1. The normalized spacial score (nSPS) is 18.9. The molecule has 0 aromatic heterocycles. The number of amides is 1. The molecule has 2 heterocycles. The summed E-state index contributed by atoms with van der Waals surface area (Å²) in [6.07, 6.45) is 1.37. The summed E-state index contributed by atoms with van der Waals surface area (Å²) in [6.45, 7) is 3.94. The predicted octanol–water partition coefficient (Wildman–Crippen LogP) is 0.200. The number of hydrogen-bond acceptors (Lipinski definition) is 6. The maximum absolute atomic E-state index is 12.3. The van der Waals surface area contributed by atoms with Crippen molar-refractivity contribution in [2.24, 2.45) is 10.3 Å². The van der Waals surface area contributed by atoms with Gasteiger partial charge in [0.2, 0.25) is 5.91 Å². The minimum absolute atomic E-state index is 0.0471. The molecule has 0 bridgehead atoms. The number of methoxy groups -OCH3 is 1. The van der Waals surface area contributed by atoms with Gasteiger partial charge < -0.3 is 20.3 Å². The highest BCUT2D eigenvalue weighted by atomic mass is 32.2. The van der Waals surface area contributed by atoms with Gasteiger partial charge in [0.25, 0.3) is 10.0 Å². The number of fused-ring (bicyclic) bond motifs is 1. The van der Waals surface area contributed by atoms with Crippen molar-refractivity contribution in [3.8, 4) is 0 Å². The minimum Gasteiger partial charge on any atom is -0.383 e. The maximum atomic E-state index is 12.3. The Balaban J connectivity index is 1.49. The molecule has 1 aromatic rings. The number of carbonyl (C=O) groups is 1. The number of likely N-dealkylation sites (tertiary alicyclic amines) is 1. The third kappa shape index (κ3) is 4.66. The lowest BCUT2D eigenvalue weighted by Gasteiger charge is -2.32. The summed E-state index contributed by atoms with van der Waals surface area (Å²) in [6, 6.07) is 6.89. The fraction of sp³-hybridized carbons (Fsp3) is 0.556. The van der Waals surface area contributed by atoms with Crippen LogP contribution < -0.4 is 10.6 Å². The number of carbonyl (C=O) groups excluding carboxylic acids is 1. The van der Waals surface area contributed by atoms with Crippen LogP contribution in [0.5, 0.6) is 0 Å². The molecule has 9 heteroatoms. The smallest absolute Gasteiger partial charge is 0.285 e.